The predicted molar refractivity (Wildman–Crippen MR) is 53.4 cm³/mol. The van der Waals surface area contributed by atoms with Crippen LogP contribution < -0.4 is 12.4 Å². The molecule has 0 aliphatic carbocycles. The van der Waals surface area contributed by atoms with Crippen LogP contribution in [0.2, 0.25) is 0 Å². The molecule has 0 saturated carbocycles. The summed E-state index contributed by atoms with van der Waals surface area (Å²) in [4.78, 5) is 10.4. The third-order valence-corrected chi connectivity index (χ3v) is 2.48. The Bertz CT molecular complexity index is 201. The van der Waals surface area contributed by atoms with Gasteiger partial charge in [-0.1, -0.05) is 0 Å². The molecule has 0 spiro atoms. The first-order chi connectivity index (χ1) is 5.79. The molecule has 0 aromatic heterocycles. The van der Waals surface area contributed by atoms with Crippen molar-refractivity contribution in [2.24, 2.45) is 0 Å². The molecule has 0 aromatic carbocycles. The van der Waals surface area contributed by atoms with Gasteiger partial charge in [-0.05, 0) is 13.8 Å². The normalized spacial score (nSPS) is 10.6. The Labute approximate surface area is 130 Å². The van der Waals surface area contributed by atoms with Gasteiger partial charge < -0.3 is 17.5 Å². The van der Waals surface area contributed by atoms with Crippen LogP contribution >= 0.6 is 17.0 Å². The maximum atomic E-state index is 13.1. The molecular formula is C8H16BrClF2NO2Sc. The molecule has 96 valence electrons. The van der Waals surface area contributed by atoms with Crippen LogP contribution in [0.4, 0.5) is 8.78 Å². The minimum Gasteiger partial charge on any atom is -1.00 e. The summed E-state index contributed by atoms with van der Waals surface area (Å²) in [6, 6.07) is -3.00. The summed E-state index contributed by atoms with van der Waals surface area (Å²) in [7, 11) is 0. The first kappa shape index (κ1) is 25.7. The third kappa shape index (κ3) is 6.61. The minimum atomic E-state index is -3.00. The zero-order valence-corrected chi connectivity index (χ0v) is 13.7. The fraction of sp³-hybridized carbons (Fsp3) is 0.875. The Kier molecular flexibility index (Phi) is 15.9. The van der Waals surface area contributed by atoms with Crippen molar-refractivity contribution in [3.8, 4) is 0 Å². The van der Waals surface area contributed by atoms with Crippen molar-refractivity contribution in [1.82, 2.24) is 0 Å². The Morgan fingerprint density at radius 3 is 1.69 bits per heavy atom. The van der Waals surface area contributed by atoms with E-state index in [1.54, 1.807) is 13.8 Å². The number of hydrogen-bond donors (Lipinski definition) is 1. The zero-order chi connectivity index (χ0) is 10.7. The maximum absolute atomic E-state index is 13.1. The summed E-state index contributed by atoms with van der Waals surface area (Å²) < 4.78 is 25.5. The van der Waals surface area contributed by atoms with E-state index in [4.69, 9.17) is 5.11 Å². The van der Waals surface area contributed by atoms with E-state index >= 15 is 0 Å². The number of likely N-dealkylation sites (N-methyl/N-ethyl adjacent to an activating group) is 1. The van der Waals surface area contributed by atoms with Crippen molar-refractivity contribution in [3.05, 3.63) is 0 Å². The van der Waals surface area contributed by atoms with Gasteiger partial charge in [-0.15, -0.1) is 8.78 Å². The summed E-state index contributed by atoms with van der Waals surface area (Å²) in [5.74, 6) is -1.19. The topological polar surface area (TPSA) is 37.3 Å². The first-order valence-corrected chi connectivity index (χ1v) is 4.25. The summed E-state index contributed by atoms with van der Waals surface area (Å²) in [6.07, 6.45) is 0. The van der Waals surface area contributed by atoms with Crippen molar-refractivity contribution in [3.63, 3.8) is 0 Å². The van der Waals surface area contributed by atoms with Crippen LogP contribution in [0.25, 0.3) is 0 Å². The molecule has 0 aromatic rings. The molecule has 0 bridgehead atoms. The molecule has 0 amide bonds. The molecule has 0 aliphatic heterocycles. The number of carboxylic acid groups (broad SMARTS) is 1. The number of halogens is 4. The van der Waals surface area contributed by atoms with Gasteiger partial charge in [0.25, 0.3) is 0 Å². The quantitative estimate of drug-likeness (QED) is 0.527. The van der Waals surface area contributed by atoms with Crippen LogP contribution in [-0.2, 0) is 30.6 Å². The van der Waals surface area contributed by atoms with Gasteiger partial charge in [0.05, 0.1) is 20.0 Å². The molecule has 0 atom stereocenters. The molecule has 0 fully saturated rings. The zero-order valence-electron chi connectivity index (χ0n) is 9.51. The van der Waals surface area contributed by atoms with E-state index in [1.807, 2.05) is 0 Å². The SMILES string of the molecule is CC[N+](CC)(CC(=O)O)C(C)(F)F.[Br].[Cl-].[Sc]. The van der Waals surface area contributed by atoms with Crippen molar-refractivity contribution in [2.75, 3.05) is 19.6 Å². The molecular weight excluding hydrogens is 340 g/mol. The van der Waals surface area contributed by atoms with E-state index in [9.17, 15) is 13.6 Å². The molecule has 0 saturated heterocycles. The van der Waals surface area contributed by atoms with E-state index in [2.05, 4.69) is 0 Å². The Balaban J connectivity index is -0.000000240. The van der Waals surface area contributed by atoms with Crippen molar-refractivity contribution < 1.29 is 61.4 Å². The van der Waals surface area contributed by atoms with E-state index in [-0.39, 0.29) is 68.3 Å². The average Bonchev–Trinajstić information content (AvgIpc) is 1.97. The van der Waals surface area contributed by atoms with Gasteiger partial charge >= 0.3 is 12.0 Å². The van der Waals surface area contributed by atoms with E-state index in [1.165, 1.54) is 0 Å². The van der Waals surface area contributed by atoms with E-state index in [0.29, 0.717) is 0 Å². The number of quaternary nitrogens is 1. The molecule has 2 radical (unpaired) electrons. The van der Waals surface area contributed by atoms with Crippen LogP contribution in [0.15, 0.2) is 0 Å². The Morgan fingerprint density at radius 1 is 1.31 bits per heavy atom. The number of carboxylic acids is 1. The predicted octanol–water partition coefficient (Wildman–Crippen LogP) is -0.613. The fourth-order valence-electron chi connectivity index (χ4n) is 1.40. The second kappa shape index (κ2) is 9.91. The maximum Gasteiger partial charge on any atom is 0.388 e. The number of alkyl halides is 2. The van der Waals surface area contributed by atoms with Gasteiger partial charge in [0.1, 0.15) is 0 Å². The molecule has 0 heterocycles. The largest absolute Gasteiger partial charge is 1.00 e. The second-order valence-corrected chi connectivity index (χ2v) is 3.17. The summed E-state index contributed by atoms with van der Waals surface area (Å²) in [6.45, 7) is 3.62. The summed E-state index contributed by atoms with van der Waals surface area (Å²) in [5, 5.41) is 8.53. The van der Waals surface area contributed by atoms with Crippen LogP contribution in [0.1, 0.15) is 20.8 Å². The van der Waals surface area contributed by atoms with Crippen LogP contribution in [0.3, 0.4) is 0 Å². The molecule has 8 heteroatoms. The number of rotatable bonds is 5. The van der Waals surface area contributed by atoms with Crippen LogP contribution in [-0.4, -0.2) is 41.2 Å². The minimum absolute atomic E-state index is 0. The molecule has 0 aliphatic rings. The van der Waals surface area contributed by atoms with Crippen LogP contribution in [0.5, 0.6) is 0 Å². The van der Waals surface area contributed by atoms with E-state index < -0.39 is 23.0 Å². The second-order valence-electron chi connectivity index (χ2n) is 3.17. The smallest absolute Gasteiger partial charge is 0.388 e. The van der Waals surface area contributed by atoms with Crippen molar-refractivity contribution in [1.29, 1.82) is 0 Å². The Morgan fingerprint density at radius 2 is 1.62 bits per heavy atom. The van der Waals surface area contributed by atoms with Gasteiger partial charge in [0.2, 0.25) is 0 Å². The van der Waals surface area contributed by atoms with Gasteiger partial charge in [0, 0.05) is 42.8 Å². The molecule has 1 N–H and O–H groups in total. The number of aliphatic carboxylic acids is 1. The van der Waals surface area contributed by atoms with Crippen molar-refractivity contribution >= 4 is 23.0 Å². The monoisotopic (exact) mass is 355 g/mol. The molecule has 0 unspecified atom stereocenters. The standard InChI is InChI=1S/C8H15F2NO2.Br.ClH.Sc/c1-4-11(5-2,6-7(12)13)8(3,9)10;;;/h4-6H2,1-3H3;;1H;. The van der Waals surface area contributed by atoms with Gasteiger partial charge in [-0.25, -0.2) is 4.79 Å². The Hall–Kier alpha value is 0.930. The molecule has 16 heavy (non-hydrogen) atoms. The number of nitrogens with zero attached hydrogens (tertiary/aromatic N) is 1. The molecule has 0 rings (SSSR count). The average molecular weight is 357 g/mol. The van der Waals surface area contributed by atoms with Crippen molar-refractivity contribution in [2.45, 2.75) is 26.8 Å². The fourth-order valence-corrected chi connectivity index (χ4v) is 1.40. The van der Waals surface area contributed by atoms with Crippen LogP contribution in [0, 0.1) is 0 Å². The number of carbonyl (C=O) groups is 1. The molecule has 3 nitrogen and oxygen atoms in total. The van der Waals surface area contributed by atoms with Gasteiger partial charge in [0.15, 0.2) is 6.54 Å². The summed E-state index contributed by atoms with van der Waals surface area (Å²) >= 11 is 0. The summed E-state index contributed by atoms with van der Waals surface area (Å²) in [5.41, 5.74) is 0. The van der Waals surface area contributed by atoms with Gasteiger partial charge in [-0.3, -0.25) is 4.48 Å². The first-order valence-electron chi connectivity index (χ1n) is 4.25. The van der Waals surface area contributed by atoms with E-state index in [0.717, 1.165) is 6.92 Å². The van der Waals surface area contributed by atoms with Gasteiger partial charge in [-0.2, -0.15) is 0 Å². The third-order valence-electron chi connectivity index (χ3n) is 2.48. The number of hydrogen-bond acceptors (Lipinski definition) is 1.